The number of piperidine rings is 1. The van der Waals surface area contributed by atoms with Crippen LogP contribution in [0.4, 0.5) is 5.69 Å². The predicted molar refractivity (Wildman–Crippen MR) is 124 cm³/mol. The third kappa shape index (κ3) is 5.47. The van der Waals surface area contributed by atoms with Gasteiger partial charge in [-0.05, 0) is 62.6 Å². The molecule has 2 heterocycles. The second-order valence-corrected chi connectivity index (χ2v) is 9.69. The average Bonchev–Trinajstić information content (AvgIpc) is 2.78. The summed E-state index contributed by atoms with van der Waals surface area (Å²) in [6.07, 6.45) is 7.57. The van der Waals surface area contributed by atoms with Crippen LogP contribution in [0, 0.1) is 19.8 Å². The minimum Gasteiger partial charge on any atom is -0.338 e. The number of aryl methyl sites for hydroxylation is 1. The molecule has 2 atom stereocenters. The molecule has 2 aliphatic heterocycles. The lowest BCUT2D eigenvalue weighted by atomic mass is 9.78. The number of rotatable bonds is 5. The Morgan fingerprint density at radius 3 is 2.35 bits per heavy atom. The number of amides is 2. The Morgan fingerprint density at radius 1 is 0.903 bits per heavy atom. The van der Waals surface area contributed by atoms with Crippen LogP contribution in [0.15, 0.2) is 18.2 Å². The SMILES string of the molecule is Cc1cccc(NC(=O)CN2CCN(CC(=O)N3CCC[C@@H]4CCCC[C@@H]43)CC2)c1C. The molecular weight excluding hydrogens is 388 g/mol. The highest BCUT2D eigenvalue weighted by atomic mass is 16.2. The molecule has 1 N–H and O–H groups in total. The van der Waals surface area contributed by atoms with Crippen molar-refractivity contribution in [1.29, 1.82) is 0 Å². The lowest BCUT2D eigenvalue weighted by Gasteiger charge is -2.45. The Kier molecular flexibility index (Phi) is 7.28. The van der Waals surface area contributed by atoms with E-state index < -0.39 is 0 Å². The molecule has 1 saturated carbocycles. The van der Waals surface area contributed by atoms with E-state index in [0.717, 1.165) is 56.3 Å². The zero-order valence-electron chi connectivity index (χ0n) is 19.2. The van der Waals surface area contributed by atoms with Gasteiger partial charge >= 0.3 is 0 Å². The summed E-state index contributed by atoms with van der Waals surface area (Å²) < 4.78 is 0. The number of nitrogens with one attached hydrogen (secondary N) is 1. The van der Waals surface area contributed by atoms with Crippen LogP contribution in [-0.2, 0) is 9.59 Å². The van der Waals surface area contributed by atoms with Crippen LogP contribution in [0.2, 0.25) is 0 Å². The summed E-state index contributed by atoms with van der Waals surface area (Å²) in [5, 5.41) is 3.06. The molecule has 2 saturated heterocycles. The minimum atomic E-state index is 0.0369. The van der Waals surface area contributed by atoms with Crippen LogP contribution < -0.4 is 5.32 Å². The fourth-order valence-electron chi connectivity index (χ4n) is 5.60. The van der Waals surface area contributed by atoms with Crippen LogP contribution in [0.3, 0.4) is 0 Å². The number of carbonyl (C=O) groups excluding carboxylic acids is 2. The molecule has 0 spiro atoms. The number of likely N-dealkylation sites (tertiary alicyclic amines) is 1. The first-order valence-electron chi connectivity index (χ1n) is 12.1. The number of benzene rings is 1. The summed E-state index contributed by atoms with van der Waals surface area (Å²) in [7, 11) is 0. The van der Waals surface area contributed by atoms with Gasteiger partial charge < -0.3 is 10.2 Å². The van der Waals surface area contributed by atoms with Gasteiger partial charge in [0.1, 0.15) is 0 Å². The summed E-state index contributed by atoms with van der Waals surface area (Å²) >= 11 is 0. The zero-order valence-corrected chi connectivity index (χ0v) is 19.2. The predicted octanol–water partition coefficient (Wildman–Crippen LogP) is 3.04. The molecule has 0 radical (unpaired) electrons. The summed E-state index contributed by atoms with van der Waals surface area (Å²) in [6.45, 7) is 9.35. The highest BCUT2D eigenvalue weighted by molar-refractivity contribution is 5.93. The molecule has 1 aromatic rings. The highest BCUT2D eigenvalue weighted by Crippen LogP contribution is 2.35. The number of carbonyl (C=O) groups is 2. The monoisotopic (exact) mass is 426 g/mol. The molecule has 2 amide bonds. The maximum atomic E-state index is 13.0. The van der Waals surface area contributed by atoms with Gasteiger partial charge in [0, 0.05) is 44.5 Å². The zero-order chi connectivity index (χ0) is 21.8. The fraction of sp³-hybridized carbons (Fsp3) is 0.680. The molecule has 6 heteroatoms. The standard InChI is InChI=1S/C25H38N4O2/c1-19-7-5-10-22(20(19)2)26-24(30)17-27-13-15-28(16-14-27)18-25(31)29-12-6-9-21-8-3-4-11-23(21)29/h5,7,10,21,23H,3-4,6,8-9,11-18H2,1-2H3,(H,26,30)/t21-,23-/m0/s1. The number of hydrogen-bond donors (Lipinski definition) is 1. The van der Waals surface area contributed by atoms with Gasteiger partial charge in [0.25, 0.3) is 0 Å². The van der Waals surface area contributed by atoms with E-state index in [0.29, 0.717) is 25.0 Å². The Labute approximate surface area is 187 Å². The summed E-state index contributed by atoms with van der Waals surface area (Å²) in [5.74, 6) is 1.09. The van der Waals surface area contributed by atoms with E-state index in [1.54, 1.807) is 0 Å². The quantitative estimate of drug-likeness (QED) is 0.786. The molecule has 4 rings (SSSR count). The van der Waals surface area contributed by atoms with Gasteiger partial charge in [-0.2, -0.15) is 0 Å². The molecular formula is C25H38N4O2. The minimum absolute atomic E-state index is 0.0369. The first-order chi connectivity index (χ1) is 15.0. The molecule has 0 bridgehead atoms. The van der Waals surface area contributed by atoms with Gasteiger partial charge in [-0.15, -0.1) is 0 Å². The third-order valence-electron chi connectivity index (χ3n) is 7.63. The average molecular weight is 427 g/mol. The summed E-state index contributed by atoms with van der Waals surface area (Å²) in [6, 6.07) is 6.49. The van der Waals surface area contributed by atoms with E-state index in [1.807, 2.05) is 19.1 Å². The highest BCUT2D eigenvalue weighted by Gasteiger charge is 2.36. The number of hydrogen-bond acceptors (Lipinski definition) is 4. The van der Waals surface area contributed by atoms with Crippen LogP contribution in [0.25, 0.3) is 0 Å². The van der Waals surface area contributed by atoms with Gasteiger partial charge in [-0.1, -0.05) is 25.0 Å². The van der Waals surface area contributed by atoms with Gasteiger partial charge in [0.15, 0.2) is 0 Å². The fourth-order valence-corrected chi connectivity index (χ4v) is 5.60. The van der Waals surface area contributed by atoms with E-state index in [9.17, 15) is 9.59 Å². The number of piperazine rings is 1. The van der Waals surface area contributed by atoms with Crippen molar-refractivity contribution < 1.29 is 9.59 Å². The topological polar surface area (TPSA) is 55.9 Å². The molecule has 0 aromatic heterocycles. The van der Waals surface area contributed by atoms with E-state index in [2.05, 4.69) is 33.0 Å². The van der Waals surface area contributed by atoms with Crippen molar-refractivity contribution >= 4 is 17.5 Å². The first kappa shape index (κ1) is 22.3. The lowest BCUT2D eigenvalue weighted by molar-refractivity contribution is -0.139. The van der Waals surface area contributed by atoms with Crippen molar-refractivity contribution in [2.24, 2.45) is 5.92 Å². The Hall–Kier alpha value is -1.92. The van der Waals surface area contributed by atoms with E-state index >= 15 is 0 Å². The van der Waals surface area contributed by atoms with Crippen molar-refractivity contribution in [3.05, 3.63) is 29.3 Å². The molecule has 3 aliphatic rings. The van der Waals surface area contributed by atoms with Crippen LogP contribution in [-0.4, -0.2) is 78.4 Å². The van der Waals surface area contributed by atoms with E-state index in [1.165, 1.54) is 37.7 Å². The molecule has 6 nitrogen and oxygen atoms in total. The molecule has 1 aromatic carbocycles. The van der Waals surface area contributed by atoms with Gasteiger partial charge in [0.2, 0.25) is 11.8 Å². The van der Waals surface area contributed by atoms with Gasteiger partial charge in [0.05, 0.1) is 13.1 Å². The van der Waals surface area contributed by atoms with Crippen LogP contribution >= 0.6 is 0 Å². The number of fused-ring (bicyclic) bond motifs is 1. The van der Waals surface area contributed by atoms with Crippen molar-refractivity contribution in [2.75, 3.05) is 51.1 Å². The maximum absolute atomic E-state index is 13.0. The van der Waals surface area contributed by atoms with Crippen molar-refractivity contribution in [3.8, 4) is 0 Å². The Morgan fingerprint density at radius 2 is 1.58 bits per heavy atom. The smallest absolute Gasteiger partial charge is 0.238 e. The van der Waals surface area contributed by atoms with Crippen molar-refractivity contribution in [3.63, 3.8) is 0 Å². The molecule has 1 aliphatic carbocycles. The number of nitrogens with zero attached hydrogens (tertiary/aromatic N) is 3. The molecule has 3 fully saturated rings. The summed E-state index contributed by atoms with van der Waals surface area (Å²) in [5.41, 5.74) is 3.21. The van der Waals surface area contributed by atoms with E-state index in [-0.39, 0.29) is 5.91 Å². The van der Waals surface area contributed by atoms with Gasteiger partial charge in [-0.25, -0.2) is 0 Å². The number of anilines is 1. The third-order valence-corrected chi connectivity index (χ3v) is 7.63. The second-order valence-electron chi connectivity index (χ2n) is 9.69. The molecule has 31 heavy (non-hydrogen) atoms. The lowest BCUT2D eigenvalue weighted by Crippen LogP contribution is -2.55. The van der Waals surface area contributed by atoms with Crippen LogP contribution in [0.5, 0.6) is 0 Å². The largest absolute Gasteiger partial charge is 0.338 e. The normalized spacial score (nSPS) is 25.2. The Bertz CT molecular complexity index is 786. The molecule has 170 valence electrons. The summed E-state index contributed by atoms with van der Waals surface area (Å²) in [4.78, 5) is 32.2. The maximum Gasteiger partial charge on any atom is 0.238 e. The molecule has 0 unspecified atom stereocenters. The first-order valence-corrected chi connectivity index (χ1v) is 12.1. The van der Waals surface area contributed by atoms with Crippen molar-refractivity contribution in [1.82, 2.24) is 14.7 Å². The Balaban J connectivity index is 1.22. The second kappa shape index (κ2) is 10.1. The van der Waals surface area contributed by atoms with Gasteiger partial charge in [-0.3, -0.25) is 19.4 Å². The van der Waals surface area contributed by atoms with Crippen LogP contribution in [0.1, 0.15) is 49.7 Å². The van der Waals surface area contributed by atoms with E-state index in [4.69, 9.17) is 0 Å². The van der Waals surface area contributed by atoms with Crippen molar-refractivity contribution in [2.45, 2.75) is 58.4 Å².